The Labute approximate surface area is 114 Å². The Kier molecular flexibility index (Phi) is 4.29. The van der Waals surface area contributed by atoms with E-state index in [0.717, 1.165) is 18.8 Å². The van der Waals surface area contributed by atoms with Crippen molar-refractivity contribution >= 4 is 11.6 Å². The number of rotatable bonds is 2. The second kappa shape index (κ2) is 5.58. The van der Waals surface area contributed by atoms with E-state index in [1.54, 1.807) is 18.2 Å². The summed E-state index contributed by atoms with van der Waals surface area (Å²) in [6.07, 6.45) is 3.34. The molecule has 1 aliphatic carbocycles. The van der Waals surface area contributed by atoms with E-state index >= 15 is 0 Å². The van der Waals surface area contributed by atoms with Gasteiger partial charge in [0.25, 0.3) is 0 Å². The summed E-state index contributed by atoms with van der Waals surface area (Å²) in [5.74, 6) is 1.43. The molecule has 1 saturated carbocycles. The smallest absolute Gasteiger partial charge is 0.146 e. The minimum absolute atomic E-state index is 0.167. The topological polar surface area (TPSA) is 26.0 Å². The summed E-state index contributed by atoms with van der Waals surface area (Å²) < 4.78 is 14.0. The monoisotopic (exact) mass is 269 g/mol. The highest BCUT2D eigenvalue weighted by molar-refractivity contribution is 6.30. The van der Waals surface area contributed by atoms with Gasteiger partial charge in [-0.1, -0.05) is 44.0 Å². The molecule has 1 nitrogen and oxygen atoms in total. The largest absolute Gasteiger partial charge is 0.324 e. The van der Waals surface area contributed by atoms with Gasteiger partial charge in [0.15, 0.2) is 0 Å². The predicted octanol–water partition coefficient (Wildman–Crippen LogP) is 4.55. The van der Waals surface area contributed by atoms with Crippen LogP contribution < -0.4 is 5.73 Å². The zero-order valence-electron chi connectivity index (χ0n) is 11.0. The van der Waals surface area contributed by atoms with Crippen LogP contribution in [0.15, 0.2) is 18.2 Å². The molecule has 4 atom stereocenters. The fourth-order valence-corrected chi connectivity index (χ4v) is 3.13. The van der Waals surface area contributed by atoms with Gasteiger partial charge in [-0.05, 0) is 36.7 Å². The molecule has 0 radical (unpaired) electrons. The Bertz CT molecular complexity index is 421. The number of nitrogens with two attached hydrogens (primary N) is 1. The van der Waals surface area contributed by atoms with Gasteiger partial charge in [0.2, 0.25) is 0 Å². The van der Waals surface area contributed by atoms with Crippen LogP contribution in [0.1, 0.15) is 44.7 Å². The molecule has 3 heteroatoms. The number of halogens is 2. The molecule has 1 fully saturated rings. The van der Waals surface area contributed by atoms with Crippen molar-refractivity contribution in [1.29, 1.82) is 0 Å². The maximum Gasteiger partial charge on any atom is 0.146 e. The lowest BCUT2D eigenvalue weighted by Crippen LogP contribution is -2.30. The molecule has 0 spiro atoms. The third kappa shape index (κ3) is 2.70. The third-order valence-electron chi connectivity index (χ3n) is 4.49. The molecule has 0 aliphatic heterocycles. The van der Waals surface area contributed by atoms with E-state index in [0.29, 0.717) is 17.4 Å². The standard InChI is InChI=1S/C15H21ClFN/c1-9-6-7-11(8-10(9)2)15(18)12-4-3-5-13(16)14(12)17/h3-5,9-11,15H,6-8,18H2,1-2H3. The third-order valence-corrected chi connectivity index (χ3v) is 4.78. The quantitative estimate of drug-likeness (QED) is 0.837. The van der Waals surface area contributed by atoms with E-state index in [1.807, 2.05) is 0 Å². The molecular weight excluding hydrogens is 249 g/mol. The van der Waals surface area contributed by atoms with Crippen molar-refractivity contribution < 1.29 is 4.39 Å². The van der Waals surface area contributed by atoms with Gasteiger partial charge < -0.3 is 5.73 Å². The van der Waals surface area contributed by atoms with Crippen LogP contribution in [0.4, 0.5) is 4.39 Å². The molecule has 2 rings (SSSR count). The molecule has 1 aliphatic rings. The predicted molar refractivity (Wildman–Crippen MR) is 74.0 cm³/mol. The van der Waals surface area contributed by atoms with Gasteiger partial charge in [0, 0.05) is 11.6 Å². The Balaban J connectivity index is 2.16. The van der Waals surface area contributed by atoms with Crippen LogP contribution in [0, 0.1) is 23.6 Å². The fourth-order valence-electron chi connectivity index (χ4n) is 2.95. The summed E-state index contributed by atoms with van der Waals surface area (Å²) in [5, 5.41) is 0.167. The maximum absolute atomic E-state index is 14.0. The average molecular weight is 270 g/mol. The van der Waals surface area contributed by atoms with Gasteiger partial charge in [-0.15, -0.1) is 0 Å². The summed E-state index contributed by atoms with van der Waals surface area (Å²) in [5.41, 5.74) is 6.81. The highest BCUT2D eigenvalue weighted by Gasteiger charge is 2.30. The first-order valence-corrected chi connectivity index (χ1v) is 7.08. The molecule has 4 unspecified atom stereocenters. The van der Waals surface area contributed by atoms with E-state index in [9.17, 15) is 4.39 Å². The van der Waals surface area contributed by atoms with Gasteiger partial charge in [-0.2, -0.15) is 0 Å². The van der Waals surface area contributed by atoms with Gasteiger partial charge >= 0.3 is 0 Å². The normalized spacial score (nSPS) is 30.2. The van der Waals surface area contributed by atoms with Crippen molar-refractivity contribution in [3.63, 3.8) is 0 Å². The number of hydrogen-bond donors (Lipinski definition) is 1. The molecule has 18 heavy (non-hydrogen) atoms. The molecule has 0 saturated heterocycles. The lowest BCUT2D eigenvalue weighted by Gasteiger charge is -2.35. The SMILES string of the molecule is CC1CCC(C(N)c2cccc(Cl)c2F)CC1C. The first-order valence-electron chi connectivity index (χ1n) is 6.70. The molecule has 100 valence electrons. The summed E-state index contributed by atoms with van der Waals surface area (Å²) >= 11 is 5.82. The van der Waals surface area contributed by atoms with E-state index in [-0.39, 0.29) is 16.9 Å². The van der Waals surface area contributed by atoms with E-state index in [2.05, 4.69) is 13.8 Å². The van der Waals surface area contributed by atoms with Crippen molar-refractivity contribution in [2.75, 3.05) is 0 Å². The van der Waals surface area contributed by atoms with Gasteiger partial charge in [-0.3, -0.25) is 0 Å². The molecule has 0 aromatic heterocycles. The zero-order valence-corrected chi connectivity index (χ0v) is 11.8. The van der Waals surface area contributed by atoms with Crippen molar-refractivity contribution in [3.8, 4) is 0 Å². The average Bonchev–Trinajstić information content (AvgIpc) is 2.35. The number of hydrogen-bond acceptors (Lipinski definition) is 1. The zero-order chi connectivity index (χ0) is 13.3. The summed E-state index contributed by atoms with van der Waals surface area (Å²) in [6.45, 7) is 4.55. The highest BCUT2D eigenvalue weighted by atomic mass is 35.5. The Morgan fingerprint density at radius 3 is 2.67 bits per heavy atom. The van der Waals surface area contributed by atoms with Crippen LogP contribution in [0.3, 0.4) is 0 Å². The lowest BCUT2D eigenvalue weighted by atomic mass is 9.72. The summed E-state index contributed by atoms with van der Waals surface area (Å²) in [7, 11) is 0. The Morgan fingerprint density at radius 2 is 2.00 bits per heavy atom. The van der Waals surface area contributed by atoms with Gasteiger partial charge in [-0.25, -0.2) is 4.39 Å². The van der Waals surface area contributed by atoms with E-state index < -0.39 is 0 Å². The summed E-state index contributed by atoms with van der Waals surface area (Å²) in [6, 6.07) is 4.86. The minimum atomic E-state index is -0.349. The first kappa shape index (κ1) is 13.8. The molecule has 0 amide bonds. The van der Waals surface area contributed by atoms with Crippen LogP contribution >= 0.6 is 11.6 Å². The molecule has 1 aromatic carbocycles. The first-order chi connectivity index (χ1) is 8.50. The van der Waals surface area contributed by atoms with Crippen LogP contribution in [-0.2, 0) is 0 Å². The van der Waals surface area contributed by atoms with Crippen molar-refractivity contribution in [2.24, 2.45) is 23.5 Å². The van der Waals surface area contributed by atoms with Crippen molar-refractivity contribution in [2.45, 2.75) is 39.2 Å². The lowest BCUT2D eigenvalue weighted by molar-refractivity contribution is 0.184. The molecule has 0 bridgehead atoms. The molecular formula is C15H21ClFN. The fraction of sp³-hybridized carbons (Fsp3) is 0.600. The van der Waals surface area contributed by atoms with Crippen LogP contribution in [-0.4, -0.2) is 0 Å². The van der Waals surface area contributed by atoms with E-state index in [1.165, 1.54) is 6.42 Å². The maximum atomic E-state index is 14.0. The summed E-state index contributed by atoms with van der Waals surface area (Å²) in [4.78, 5) is 0. The minimum Gasteiger partial charge on any atom is -0.324 e. The van der Waals surface area contributed by atoms with Crippen LogP contribution in [0.2, 0.25) is 5.02 Å². The Morgan fingerprint density at radius 1 is 1.28 bits per heavy atom. The van der Waals surface area contributed by atoms with Crippen LogP contribution in [0.5, 0.6) is 0 Å². The second-order valence-electron chi connectivity index (χ2n) is 5.70. The van der Waals surface area contributed by atoms with Crippen LogP contribution in [0.25, 0.3) is 0 Å². The van der Waals surface area contributed by atoms with E-state index in [4.69, 9.17) is 17.3 Å². The van der Waals surface area contributed by atoms with Crippen molar-refractivity contribution in [3.05, 3.63) is 34.6 Å². The van der Waals surface area contributed by atoms with Gasteiger partial charge in [0.1, 0.15) is 5.82 Å². The number of benzene rings is 1. The second-order valence-corrected chi connectivity index (χ2v) is 6.10. The Hall–Kier alpha value is -0.600. The van der Waals surface area contributed by atoms with Gasteiger partial charge in [0.05, 0.1) is 5.02 Å². The van der Waals surface area contributed by atoms with Crippen molar-refractivity contribution in [1.82, 2.24) is 0 Å². The molecule has 0 heterocycles. The highest BCUT2D eigenvalue weighted by Crippen LogP contribution is 2.39. The molecule has 1 aromatic rings. The molecule has 2 N–H and O–H groups in total.